The topological polar surface area (TPSA) is 309 Å². The molecule has 0 saturated carbocycles. The van der Waals surface area contributed by atoms with Crippen LogP contribution in [0.15, 0.2) is 0 Å². The summed E-state index contributed by atoms with van der Waals surface area (Å²) in [5, 5.41) is 93.2. The highest BCUT2D eigenvalue weighted by molar-refractivity contribution is 5.68. The number of amides is 1. The minimum absolute atomic E-state index is 0.693. The lowest BCUT2D eigenvalue weighted by molar-refractivity contribution is -0.338. The Morgan fingerprint density at radius 1 is 0.878 bits per heavy atom. The zero-order chi connectivity index (χ0) is 31.2. The summed E-state index contributed by atoms with van der Waals surface area (Å²) in [6.07, 6.45) is -18.5. The second-order valence-electron chi connectivity index (χ2n) is 11.0. The Morgan fingerprint density at radius 3 is 1.95 bits per heavy atom. The SMILES string of the molecule is CC(C)(C)OC(=O)NC(CO)[C@@H](O)[C@@H](O[C@@H]1OC(CO)[C@H](O[C@@H]2OC(CO)[C@H](O)[C@H](O)C2N)[C@H](O)C1N)C(O)CO. The minimum Gasteiger partial charge on any atom is -0.444 e. The number of rotatable bonds is 12. The Morgan fingerprint density at radius 2 is 1.44 bits per heavy atom. The van der Waals surface area contributed by atoms with Crippen LogP contribution in [0.2, 0.25) is 0 Å². The maximum absolute atomic E-state index is 12.2. The molecule has 14 atom stereocenters. The molecule has 0 radical (unpaired) electrons. The highest BCUT2D eigenvalue weighted by Crippen LogP contribution is 2.29. The van der Waals surface area contributed by atoms with E-state index in [1.807, 2.05) is 0 Å². The van der Waals surface area contributed by atoms with Gasteiger partial charge in [-0.1, -0.05) is 0 Å². The molecule has 0 aromatic heterocycles. The Kier molecular flexibility index (Phi) is 13.5. The van der Waals surface area contributed by atoms with E-state index in [2.05, 4.69) is 5.32 Å². The van der Waals surface area contributed by atoms with Gasteiger partial charge in [-0.3, -0.25) is 0 Å². The molecule has 2 aliphatic rings. The molecule has 1 amide bonds. The van der Waals surface area contributed by atoms with Crippen LogP contribution in [-0.4, -0.2) is 170 Å². The summed E-state index contributed by atoms with van der Waals surface area (Å²) in [5.41, 5.74) is 11.1. The first-order valence-electron chi connectivity index (χ1n) is 13.1. The van der Waals surface area contributed by atoms with Crippen LogP contribution in [0, 0.1) is 0 Å². The van der Waals surface area contributed by atoms with Gasteiger partial charge in [0.1, 0.15) is 60.5 Å². The first-order chi connectivity index (χ1) is 19.1. The third-order valence-electron chi connectivity index (χ3n) is 6.63. The van der Waals surface area contributed by atoms with E-state index < -0.39 is 124 Å². The van der Waals surface area contributed by atoms with Gasteiger partial charge in [-0.25, -0.2) is 4.79 Å². The van der Waals surface area contributed by atoms with Crippen molar-refractivity contribution in [3.8, 4) is 0 Å². The highest BCUT2D eigenvalue weighted by atomic mass is 16.7. The summed E-state index contributed by atoms with van der Waals surface area (Å²) < 4.78 is 27.4. The van der Waals surface area contributed by atoms with Gasteiger partial charge in [-0.2, -0.15) is 0 Å². The smallest absolute Gasteiger partial charge is 0.408 e. The molecule has 6 unspecified atom stereocenters. The number of carbonyl (C=O) groups excluding carboxylic acids is 1. The van der Waals surface area contributed by atoms with Crippen molar-refractivity contribution in [2.45, 2.75) is 112 Å². The number of nitrogens with one attached hydrogen (secondary N) is 1. The average molecular weight is 604 g/mol. The number of ether oxygens (including phenoxy) is 5. The van der Waals surface area contributed by atoms with Gasteiger partial charge in [0.05, 0.1) is 44.6 Å². The Hall–Kier alpha value is -1.33. The van der Waals surface area contributed by atoms with E-state index in [0.717, 1.165) is 0 Å². The van der Waals surface area contributed by atoms with E-state index in [4.69, 9.17) is 35.2 Å². The maximum atomic E-state index is 12.2. The Balaban J connectivity index is 2.19. The molecule has 18 nitrogen and oxygen atoms in total. The average Bonchev–Trinajstić information content (AvgIpc) is 2.92. The van der Waals surface area contributed by atoms with E-state index in [1.54, 1.807) is 20.8 Å². The van der Waals surface area contributed by atoms with Crippen LogP contribution in [0.1, 0.15) is 20.8 Å². The van der Waals surface area contributed by atoms with Crippen molar-refractivity contribution in [1.82, 2.24) is 5.32 Å². The lowest BCUT2D eigenvalue weighted by atomic mass is 9.95. The molecule has 2 aliphatic heterocycles. The van der Waals surface area contributed by atoms with Crippen LogP contribution in [0.4, 0.5) is 4.79 Å². The van der Waals surface area contributed by atoms with Crippen molar-refractivity contribution in [3.05, 3.63) is 0 Å². The van der Waals surface area contributed by atoms with Crippen LogP contribution in [-0.2, 0) is 23.7 Å². The number of hydrogen-bond acceptors (Lipinski definition) is 17. The standard InChI is InChI=1S/C23H45N3O15/c1-23(2,3)41-22(36)26-8(4-27)14(32)18(9(31)5-28)39-21-13(25)17(35)19(11(7-30)38-21)40-20-12(24)16(34)15(33)10(6-29)37-20/h8-21,27-35H,4-7,24-25H2,1-3H3,(H,26,36)/t8?,9?,10?,11?,12?,13?,14-,15+,16-,17-,18+,19+,20+,21+/m1/s1. The lowest BCUT2D eigenvalue weighted by Gasteiger charge is -2.47. The van der Waals surface area contributed by atoms with Gasteiger partial charge in [0, 0.05) is 0 Å². The number of aliphatic hydroxyl groups is 9. The lowest BCUT2D eigenvalue weighted by Crippen LogP contribution is -2.68. The number of carbonyl (C=O) groups is 1. The molecular formula is C23H45N3O15. The molecular weight excluding hydrogens is 558 g/mol. The highest BCUT2D eigenvalue weighted by Gasteiger charge is 2.51. The quantitative estimate of drug-likeness (QED) is 0.0986. The molecule has 18 heteroatoms. The zero-order valence-corrected chi connectivity index (χ0v) is 23.0. The molecule has 0 bridgehead atoms. The predicted molar refractivity (Wildman–Crippen MR) is 135 cm³/mol. The monoisotopic (exact) mass is 603 g/mol. The van der Waals surface area contributed by atoms with Gasteiger partial charge in [-0.15, -0.1) is 0 Å². The summed E-state index contributed by atoms with van der Waals surface area (Å²) in [6.45, 7) is 1.50. The molecule has 41 heavy (non-hydrogen) atoms. The van der Waals surface area contributed by atoms with Crippen LogP contribution in [0.25, 0.3) is 0 Å². The fourth-order valence-electron chi connectivity index (χ4n) is 4.34. The van der Waals surface area contributed by atoms with Gasteiger partial charge >= 0.3 is 6.09 Å². The van der Waals surface area contributed by atoms with E-state index in [0.29, 0.717) is 0 Å². The number of hydrogen-bond donors (Lipinski definition) is 12. The Labute approximate surface area is 236 Å². The van der Waals surface area contributed by atoms with Gasteiger partial charge in [0.15, 0.2) is 12.6 Å². The van der Waals surface area contributed by atoms with Crippen LogP contribution < -0.4 is 16.8 Å². The number of nitrogens with two attached hydrogens (primary N) is 2. The molecule has 2 fully saturated rings. The molecule has 2 heterocycles. The molecule has 0 aliphatic carbocycles. The van der Waals surface area contributed by atoms with Gasteiger partial charge in [-0.05, 0) is 20.8 Å². The van der Waals surface area contributed by atoms with Crippen molar-refractivity contribution >= 4 is 6.09 Å². The normalized spacial score (nSPS) is 37.6. The van der Waals surface area contributed by atoms with Crippen LogP contribution >= 0.6 is 0 Å². The number of alkyl carbamates (subject to hydrolysis) is 1. The first kappa shape index (κ1) is 35.9. The van der Waals surface area contributed by atoms with Crippen molar-refractivity contribution < 1.29 is 74.4 Å². The second kappa shape index (κ2) is 15.4. The molecule has 0 aromatic carbocycles. The van der Waals surface area contributed by atoms with E-state index in [1.165, 1.54) is 0 Å². The third kappa shape index (κ3) is 9.08. The minimum atomic E-state index is -1.87. The van der Waals surface area contributed by atoms with Gasteiger partial charge in [0.25, 0.3) is 0 Å². The summed E-state index contributed by atoms with van der Waals surface area (Å²) in [5.74, 6) is 0. The van der Waals surface area contributed by atoms with E-state index >= 15 is 0 Å². The fourth-order valence-corrected chi connectivity index (χ4v) is 4.34. The molecule has 2 rings (SSSR count). The van der Waals surface area contributed by atoms with Crippen LogP contribution in [0.3, 0.4) is 0 Å². The summed E-state index contributed by atoms with van der Waals surface area (Å²) in [6, 6.07) is -4.29. The molecule has 0 aromatic rings. The summed E-state index contributed by atoms with van der Waals surface area (Å²) in [7, 11) is 0. The Bertz CT molecular complexity index is 803. The largest absolute Gasteiger partial charge is 0.444 e. The maximum Gasteiger partial charge on any atom is 0.408 e. The van der Waals surface area contributed by atoms with Crippen molar-refractivity contribution in [2.75, 3.05) is 26.4 Å². The van der Waals surface area contributed by atoms with Crippen molar-refractivity contribution in [1.29, 1.82) is 0 Å². The molecule has 0 spiro atoms. The van der Waals surface area contributed by atoms with E-state index in [-0.39, 0.29) is 0 Å². The number of aliphatic hydroxyl groups excluding tert-OH is 9. The first-order valence-corrected chi connectivity index (χ1v) is 13.1. The van der Waals surface area contributed by atoms with Crippen molar-refractivity contribution in [3.63, 3.8) is 0 Å². The zero-order valence-electron chi connectivity index (χ0n) is 23.0. The van der Waals surface area contributed by atoms with E-state index in [9.17, 15) is 50.8 Å². The van der Waals surface area contributed by atoms with Gasteiger partial charge < -0.3 is 86.4 Å². The van der Waals surface area contributed by atoms with Crippen molar-refractivity contribution in [2.24, 2.45) is 11.5 Å². The molecule has 242 valence electrons. The summed E-state index contributed by atoms with van der Waals surface area (Å²) in [4.78, 5) is 12.2. The molecule has 14 N–H and O–H groups in total. The summed E-state index contributed by atoms with van der Waals surface area (Å²) >= 11 is 0. The predicted octanol–water partition coefficient (Wildman–Crippen LogP) is -6.47. The second-order valence-corrected chi connectivity index (χ2v) is 11.0. The van der Waals surface area contributed by atoms with Crippen LogP contribution in [0.5, 0.6) is 0 Å². The molecule has 2 saturated heterocycles. The third-order valence-corrected chi connectivity index (χ3v) is 6.63. The fraction of sp³-hybridized carbons (Fsp3) is 0.957. The van der Waals surface area contributed by atoms with Gasteiger partial charge in [0.2, 0.25) is 0 Å².